The fourth-order valence-corrected chi connectivity index (χ4v) is 1.76. The lowest BCUT2D eigenvalue weighted by molar-refractivity contribution is 0.265. The van der Waals surface area contributed by atoms with Gasteiger partial charge in [-0.25, -0.2) is 0 Å². The molecule has 0 unspecified atom stereocenters. The highest BCUT2D eigenvalue weighted by Gasteiger charge is 2.06. The van der Waals surface area contributed by atoms with E-state index in [9.17, 15) is 0 Å². The topological polar surface area (TPSA) is 28.4 Å². The molecule has 1 aromatic heterocycles. The molecule has 0 spiro atoms. The van der Waals surface area contributed by atoms with Crippen molar-refractivity contribution in [1.29, 1.82) is 0 Å². The molecule has 1 rings (SSSR count). The smallest absolute Gasteiger partial charge is 0.118 e. The van der Waals surface area contributed by atoms with Crippen molar-refractivity contribution in [3.05, 3.63) is 23.7 Å². The monoisotopic (exact) mass is 210 g/mol. The van der Waals surface area contributed by atoms with Gasteiger partial charge < -0.3 is 9.73 Å². The lowest BCUT2D eigenvalue weighted by atomic mass is 10.2. The number of hydrogen-bond acceptors (Lipinski definition) is 3. The first kappa shape index (κ1) is 12.3. The van der Waals surface area contributed by atoms with Crippen LogP contribution in [0.5, 0.6) is 0 Å². The lowest BCUT2D eigenvalue weighted by Crippen LogP contribution is -2.22. The van der Waals surface area contributed by atoms with Crippen LogP contribution >= 0.6 is 0 Å². The Bertz CT molecular complexity index is 281. The van der Waals surface area contributed by atoms with Gasteiger partial charge in [0.25, 0.3) is 0 Å². The fraction of sp³-hybridized carbons (Fsp3) is 0.667. The minimum Gasteiger partial charge on any atom is -0.468 e. The lowest BCUT2D eigenvalue weighted by Gasteiger charge is -2.17. The fourth-order valence-electron chi connectivity index (χ4n) is 1.76. The number of furan rings is 1. The molecule has 1 heterocycles. The van der Waals surface area contributed by atoms with Crippen molar-refractivity contribution in [2.45, 2.75) is 26.9 Å². The van der Waals surface area contributed by atoms with Gasteiger partial charge in [-0.05, 0) is 26.1 Å². The second kappa shape index (κ2) is 5.93. The quantitative estimate of drug-likeness (QED) is 0.779. The van der Waals surface area contributed by atoms with Crippen LogP contribution in [0.1, 0.15) is 25.2 Å². The van der Waals surface area contributed by atoms with Crippen molar-refractivity contribution in [2.24, 2.45) is 5.92 Å². The number of rotatable bonds is 6. The van der Waals surface area contributed by atoms with Crippen LogP contribution < -0.4 is 5.32 Å². The average Bonchev–Trinajstić information content (AvgIpc) is 2.51. The van der Waals surface area contributed by atoms with Crippen molar-refractivity contribution < 1.29 is 4.42 Å². The molecule has 0 aliphatic heterocycles. The van der Waals surface area contributed by atoms with Crippen LogP contribution in [0.4, 0.5) is 0 Å². The van der Waals surface area contributed by atoms with E-state index in [0.717, 1.165) is 25.4 Å². The van der Waals surface area contributed by atoms with E-state index >= 15 is 0 Å². The Morgan fingerprint density at radius 1 is 1.47 bits per heavy atom. The normalized spacial score (nSPS) is 11.6. The molecule has 0 saturated carbocycles. The maximum absolute atomic E-state index is 5.49. The molecule has 0 aliphatic carbocycles. The van der Waals surface area contributed by atoms with E-state index in [1.807, 2.05) is 13.3 Å². The van der Waals surface area contributed by atoms with E-state index in [4.69, 9.17) is 4.42 Å². The summed E-state index contributed by atoms with van der Waals surface area (Å²) in [6, 6.07) is 2.12. The second-order valence-electron chi connectivity index (χ2n) is 4.54. The van der Waals surface area contributed by atoms with E-state index in [1.165, 1.54) is 5.56 Å². The predicted octanol–water partition coefficient (Wildman–Crippen LogP) is 2.09. The molecule has 3 nitrogen and oxygen atoms in total. The number of nitrogens with zero attached hydrogens (tertiary/aromatic N) is 1. The summed E-state index contributed by atoms with van der Waals surface area (Å²) >= 11 is 0. The van der Waals surface area contributed by atoms with Crippen LogP contribution in [0.3, 0.4) is 0 Å². The van der Waals surface area contributed by atoms with Gasteiger partial charge in [-0.2, -0.15) is 0 Å². The summed E-state index contributed by atoms with van der Waals surface area (Å²) in [5.41, 5.74) is 1.21. The Kier molecular flexibility index (Phi) is 4.85. The summed E-state index contributed by atoms with van der Waals surface area (Å²) in [5.74, 6) is 1.74. The Hall–Kier alpha value is -0.800. The number of hydrogen-bond donors (Lipinski definition) is 1. The first-order chi connectivity index (χ1) is 7.11. The van der Waals surface area contributed by atoms with E-state index in [0.29, 0.717) is 5.92 Å². The third kappa shape index (κ3) is 4.49. The molecular formula is C12H22N2O. The Balaban J connectivity index is 2.42. The van der Waals surface area contributed by atoms with Gasteiger partial charge in [0.2, 0.25) is 0 Å². The molecule has 1 aromatic rings. The third-order valence-corrected chi connectivity index (χ3v) is 2.19. The molecule has 0 aliphatic rings. The molecule has 15 heavy (non-hydrogen) atoms. The van der Waals surface area contributed by atoms with Gasteiger partial charge in [-0.3, -0.25) is 4.90 Å². The molecule has 0 atom stereocenters. The highest BCUT2D eigenvalue weighted by molar-refractivity contribution is 5.12. The Labute approximate surface area is 92.5 Å². The molecule has 0 radical (unpaired) electrons. The molecule has 0 bridgehead atoms. The van der Waals surface area contributed by atoms with Crippen LogP contribution in [-0.2, 0) is 13.1 Å². The highest BCUT2D eigenvalue weighted by Crippen LogP contribution is 2.10. The standard InChI is InChI=1S/C12H22N2O/c1-10(2)7-14(4)8-12-5-11(6-13-3)9-15-12/h5,9-10,13H,6-8H2,1-4H3. The summed E-state index contributed by atoms with van der Waals surface area (Å²) in [7, 11) is 4.07. The summed E-state index contributed by atoms with van der Waals surface area (Å²) in [5, 5.41) is 3.11. The minimum atomic E-state index is 0.696. The van der Waals surface area contributed by atoms with Gasteiger partial charge in [0.1, 0.15) is 5.76 Å². The van der Waals surface area contributed by atoms with Gasteiger partial charge in [0.05, 0.1) is 12.8 Å². The molecular weight excluding hydrogens is 188 g/mol. The van der Waals surface area contributed by atoms with Gasteiger partial charge >= 0.3 is 0 Å². The average molecular weight is 210 g/mol. The van der Waals surface area contributed by atoms with Gasteiger partial charge in [-0.15, -0.1) is 0 Å². The minimum absolute atomic E-state index is 0.696. The van der Waals surface area contributed by atoms with Crippen molar-refractivity contribution in [1.82, 2.24) is 10.2 Å². The third-order valence-electron chi connectivity index (χ3n) is 2.19. The van der Waals surface area contributed by atoms with Crippen LogP contribution in [0, 0.1) is 5.92 Å². The summed E-state index contributed by atoms with van der Waals surface area (Å²) < 4.78 is 5.49. The number of nitrogens with one attached hydrogen (secondary N) is 1. The van der Waals surface area contributed by atoms with Crippen LogP contribution in [0.15, 0.2) is 16.7 Å². The highest BCUT2D eigenvalue weighted by atomic mass is 16.3. The maximum atomic E-state index is 5.49. The molecule has 3 heteroatoms. The summed E-state index contributed by atoms with van der Waals surface area (Å²) in [6.07, 6.45) is 1.83. The molecule has 0 saturated heterocycles. The van der Waals surface area contributed by atoms with Crippen LogP contribution in [-0.4, -0.2) is 25.5 Å². The predicted molar refractivity (Wildman–Crippen MR) is 62.6 cm³/mol. The Morgan fingerprint density at radius 2 is 2.20 bits per heavy atom. The first-order valence-corrected chi connectivity index (χ1v) is 5.51. The molecule has 0 aromatic carbocycles. The first-order valence-electron chi connectivity index (χ1n) is 5.51. The maximum Gasteiger partial charge on any atom is 0.118 e. The van der Waals surface area contributed by atoms with Gasteiger partial charge in [0.15, 0.2) is 0 Å². The molecule has 0 fully saturated rings. The van der Waals surface area contributed by atoms with Gasteiger partial charge in [0, 0.05) is 18.7 Å². The van der Waals surface area contributed by atoms with E-state index in [2.05, 4.69) is 37.2 Å². The van der Waals surface area contributed by atoms with E-state index in [1.54, 1.807) is 0 Å². The van der Waals surface area contributed by atoms with Crippen LogP contribution in [0.25, 0.3) is 0 Å². The zero-order chi connectivity index (χ0) is 11.3. The van der Waals surface area contributed by atoms with Crippen molar-refractivity contribution in [2.75, 3.05) is 20.6 Å². The van der Waals surface area contributed by atoms with Gasteiger partial charge in [-0.1, -0.05) is 13.8 Å². The second-order valence-corrected chi connectivity index (χ2v) is 4.54. The zero-order valence-electron chi connectivity index (χ0n) is 10.2. The van der Waals surface area contributed by atoms with Crippen LogP contribution in [0.2, 0.25) is 0 Å². The summed E-state index contributed by atoms with van der Waals surface area (Å²) in [4.78, 5) is 2.28. The SMILES string of the molecule is CNCc1coc(CN(C)CC(C)C)c1. The summed E-state index contributed by atoms with van der Waals surface area (Å²) in [6.45, 7) is 7.32. The zero-order valence-corrected chi connectivity index (χ0v) is 10.2. The molecule has 0 amide bonds. The molecule has 1 N–H and O–H groups in total. The largest absolute Gasteiger partial charge is 0.468 e. The van der Waals surface area contributed by atoms with Crippen molar-refractivity contribution in [3.63, 3.8) is 0 Å². The van der Waals surface area contributed by atoms with E-state index < -0.39 is 0 Å². The molecule has 86 valence electrons. The van der Waals surface area contributed by atoms with E-state index in [-0.39, 0.29) is 0 Å². The van der Waals surface area contributed by atoms with Crippen molar-refractivity contribution in [3.8, 4) is 0 Å². The van der Waals surface area contributed by atoms with Crippen molar-refractivity contribution >= 4 is 0 Å². The Morgan fingerprint density at radius 3 is 2.80 bits per heavy atom.